The minimum atomic E-state index is 0.0924. The Morgan fingerprint density at radius 2 is 1.78 bits per heavy atom. The number of piperazine rings is 1. The van der Waals surface area contributed by atoms with E-state index in [1.54, 1.807) is 11.8 Å². The second kappa shape index (κ2) is 7.75. The molecule has 4 rings (SSSR count). The van der Waals surface area contributed by atoms with Crippen LogP contribution in [-0.4, -0.2) is 64.0 Å². The second-order valence-corrected chi connectivity index (χ2v) is 6.74. The van der Waals surface area contributed by atoms with Crippen LogP contribution in [0.25, 0.3) is 11.0 Å². The molecule has 0 radical (unpaired) electrons. The van der Waals surface area contributed by atoms with Crippen molar-refractivity contribution in [1.82, 2.24) is 24.8 Å². The van der Waals surface area contributed by atoms with E-state index in [4.69, 9.17) is 4.74 Å². The van der Waals surface area contributed by atoms with Gasteiger partial charge < -0.3 is 9.64 Å². The molecule has 0 spiro atoms. The zero-order chi connectivity index (χ0) is 18.6. The molecule has 0 saturated carbocycles. The fourth-order valence-corrected chi connectivity index (χ4v) is 3.41. The summed E-state index contributed by atoms with van der Waals surface area (Å²) in [5, 5.41) is 8.23. The fourth-order valence-electron chi connectivity index (χ4n) is 3.41. The van der Waals surface area contributed by atoms with E-state index < -0.39 is 0 Å². The van der Waals surface area contributed by atoms with Gasteiger partial charge in [-0.3, -0.25) is 9.69 Å². The van der Waals surface area contributed by atoms with Gasteiger partial charge >= 0.3 is 0 Å². The Labute approximate surface area is 158 Å². The molecule has 1 amide bonds. The topological polar surface area (TPSA) is 63.5 Å². The molecule has 2 heterocycles. The molecule has 1 aliphatic heterocycles. The lowest BCUT2D eigenvalue weighted by Crippen LogP contribution is -2.49. The Balaban J connectivity index is 1.31. The molecule has 0 atom stereocenters. The van der Waals surface area contributed by atoms with Crippen molar-refractivity contribution < 1.29 is 9.53 Å². The third-order valence-corrected chi connectivity index (χ3v) is 5.00. The van der Waals surface area contributed by atoms with Gasteiger partial charge in [0.15, 0.2) is 0 Å². The average molecular weight is 365 g/mol. The van der Waals surface area contributed by atoms with Crippen LogP contribution < -0.4 is 4.74 Å². The molecule has 27 heavy (non-hydrogen) atoms. The quantitative estimate of drug-likeness (QED) is 0.690. The van der Waals surface area contributed by atoms with Gasteiger partial charge in [-0.15, -0.1) is 5.10 Å². The SMILES string of the molecule is COc1ccc(CN2CCN(C(=O)Cn3nnc4ccccc43)CC2)cc1. The van der Waals surface area contributed by atoms with Gasteiger partial charge in [0.25, 0.3) is 0 Å². The summed E-state index contributed by atoms with van der Waals surface area (Å²) in [7, 11) is 1.67. The minimum Gasteiger partial charge on any atom is -0.497 e. The Kier molecular flexibility index (Phi) is 5.02. The van der Waals surface area contributed by atoms with E-state index in [0.717, 1.165) is 49.5 Å². The lowest BCUT2D eigenvalue weighted by molar-refractivity contribution is -0.133. The van der Waals surface area contributed by atoms with Gasteiger partial charge in [-0.1, -0.05) is 29.5 Å². The largest absolute Gasteiger partial charge is 0.497 e. The predicted octanol–water partition coefficient (Wildman–Crippen LogP) is 1.78. The molecule has 0 bridgehead atoms. The number of benzene rings is 2. The molecular formula is C20H23N5O2. The van der Waals surface area contributed by atoms with Gasteiger partial charge in [0.05, 0.1) is 12.6 Å². The summed E-state index contributed by atoms with van der Waals surface area (Å²) < 4.78 is 6.88. The normalized spacial score (nSPS) is 15.2. The van der Waals surface area contributed by atoms with E-state index in [1.807, 2.05) is 41.3 Å². The van der Waals surface area contributed by atoms with Crippen LogP contribution in [0.2, 0.25) is 0 Å². The van der Waals surface area contributed by atoms with Crippen LogP contribution in [0.4, 0.5) is 0 Å². The molecule has 1 saturated heterocycles. The highest BCUT2D eigenvalue weighted by Gasteiger charge is 2.22. The summed E-state index contributed by atoms with van der Waals surface area (Å²) in [5.41, 5.74) is 2.96. The third kappa shape index (κ3) is 3.93. The number of fused-ring (bicyclic) bond motifs is 1. The van der Waals surface area contributed by atoms with Crippen molar-refractivity contribution in [1.29, 1.82) is 0 Å². The standard InChI is InChI=1S/C20H23N5O2/c1-27-17-8-6-16(7-9-17)14-23-10-12-24(13-11-23)20(26)15-25-19-5-3-2-4-18(19)21-22-25/h2-9H,10-15H2,1H3. The zero-order valence-electron chi connectivity index (χ0n) is 15.4. The Morgan fingerprint density at radius 3 is 2.52 bits per heavy atom. The summed E-state index contributed by atoms with van der Waals surface area (Å²) in [6.07, 6.45) is 0. The first-order valence-corrected chi connectivity index (χ1v) is 9.14. The molecule has 0 N–H and O–H groups in total. The molecular weight excluding hydrogens is 342 g/mol. The minimum absolute atomic E-state index is 0.0924. The number of rotatable bonds is 5. The van der Waals surface area contributed by atoms with Crippen molar-refractivity contribution in [2.75, 3.05) is 33.3 Å². The average Bonchev–Trinajstić information content (AvgIpc) is 3.12. The van der Waals surface area contributed by atoms with Gasteiger partial charge in [0.1, 0.15) is 17.8 Å². The summed E-state index contributed by atoms with van der Waals surface area (Å²) in [6, 6.07) is 15.8. The number of carbonyl (C=O) groups excluding carboxylic acids is 1. The van der Waals surface area contributed by atoms with E-state index in [9.17, 15) is 4.79 Å². The summed E-state index contributed by atoms with van der Waals surface area (Å²) in [4.78, 5) is 16.9. The monoisotopic (exact) mass is 365 g/mol. The maximum atomic E-state index is 12.6. The number of ether oxygens (including phenoxy) is 1. The van der Waals surface area contributed by atoms with Crippen molar-refractivity contribution >= 4 is 16.9 Å². The van der Waals surface area contributed by atoms with E-state index in [-0.39, 0.29) is 12.5 Å². The molecule has 0 aliphatic carbocycles. The van der Waals surface area contributed by atoms with Crippen molar-refractivity contribution in [2.45, 2.75) is 13.1 Å². The number of carbonyl (C=O) groups is 1. The second-order valence-electron chi connectivity index (χ2n) is 6.74. The molecule has 3 aromatic rings. The maximum Gasteiger partial charge on any atom is 0.244 e. The zero-order valence-corrected chi connectivity index (χ0v) is 15.4. The summed E-state index contributed by atoms with van der Waals surface area (Å²) in [5.74, 6) is 0.963. The van der Waals surface area contributed by atoms with Gasteiger partial charge in [0, 0.05) is 32.7 Å². The van der Waals surface area contributed by atoms with Crippen LogP contribution in [-0.2, 0) is 17.9 Å². The van der Waals surface area contributed by atoms with Crippen LogP contribution in [0.15, 0.2) is 48.5 Å². The molecule has 1 aliphatic rings. The number of hydrogen-bond acceptors (Lipinski definition) is 5. The van der Waals surface area contributed by atoms with Crippen LogP contribution in [0, 0.1) is 0 Å². The van der Waals surface area contributed by atoms with Crippen molar-refractivity contribution in [3.05, 3.63) is 54.1 Å². The first-order chi connectivity index (χ1) is 13.2. The van der Waals surface area contributed by atoms with E-state index in [1.165, 1.54) is 5.56 Å². The molecule has 1 aromatic heterocycles. The third-order valence-electron chi connectivity index (χ3n) is 5.00. The van der Waals surface area contributed by atoms with Crippen molar-refractivity contribution in [3.8, 4) is 5.75 Å². The first-order valence-electron chi connectivity index (χ1n) is 9.14. The van der Waals surface area contributed by atoms with Gasteiger partial charge in [-0.2, -0.15) is 0 Å². The van der Waals surface area contributed by atoms with Crippen LogP contribution in [0.3, 0.4) is 0 Å². The van der Waals surface area contributed by atoms with Crippen molar-refractivity contribution in [2.24, 2.45) is 0 Å². The molecule has 1 fully saturated rings. The first kappa shape index (κ1) is 17.5. The Morgan fingerprint density at radius 1 is 1.04 bits per heavy atom. The van der Waals surface area contributed by atoms with Gasteiger partial charge in [-0.25, -0.2) is 4.68 Å². The van der Waals surface area contributed by atoms with Gasteiger partial charge in [0.2, 0.25) is 5.91 Å². The van der Waals surface area contributed by atoms with Crippen LogP contribution in [0.1, 0.15) is 5.56 Å². The van der Waals surface area contributed by atoms with Gasteiger partial charge in [-0.05, 0) is 29.8 Å². The number of amides is 1. The predicted molar refractivity (Wildman–Crippen MR) is 102 cm³/mol. The van der Waals surface area contributed by atoms with E-state index >= 15 is 0 Å². The Bertz CT molecular complexity index is 914. The highest BCUT2D eigenvalue weighted by atomic mass is 16.5. The number of aromatic nitrogens is 3. The van der Waals surface area contributed by atoms with E-state index in [2.05, 4.69) is 27.3 Å². The molecule has 7 heteroatoms. The molecule has 7 nitrogen and oxygen atoms in total. The lowest BCUT2D eigenvalue weighted by Gasteiger charge is -2.34. The summed E-state index contributed by atoms with van der Waals surface area (Å²) >= 11 is 0. The summed E-state index contributed by atoms with van der Waals surface area (Å²) in [6.45, 7) is 4.34. The number of methoxy groups -OCH3 is 1. The smallest absolute Gasteiger partial charge is 0.244 e. The van der Waals surface area contributed by atoms with E-state index in [0.29, 0.717) is 0 Å². The fraction of sp³-hybridized carbons (Fsp3) is 0.350. The van der Waals surface area contributed by atoms with Crippen molar-refractivity contribution in [3.63, 3.8) is 0 Å². The van der Waals surface area contributed by atoms with Crippen LogP contribution >= 0.6 is 0 Å². The molecule has 0 unspecified atom stereocenters. The number of para-hydroxylation sites is 1. The highest BCUT2D eigenvalue weighted by Crippen LogP contribution is 2.15. The maximum absolute atomic E-state index is 12.6. The molecule has 2 aromatic carbocycles. The highest BCUT2D eigenvalue weighted by molar-refractivity contribution is 5.79. The molecule has 140 valence electrons. The number of nitrogens with zero attached hydrogens (tertiary/aromatic N) is 5. The Hall–Kier alpha value is -2.93. The van der Waals surface area contributed by atoms with Crippen LogP contribution in [0.5, 0.6) is 5.75 Å². The number of hydrogen-bond donors (Lipinski definition) is 0. The lowest BCUT2D eigenvalue weighted by atomic mass is 10.2.